The number of carbonyl (C=O) groups excluding carboxylic acids is 1. The van der Waals surface area contributed by atoms with Crippen molar-refractivity contribution in [3.05, 3.63) is 22.9 Å². The van der Waals surface area contributed by atoms with Gasteiger partial charge in [-0.2, -0.15) is 5.26 Å². The lowest BCUT2D eigenvalue weighted by molar-refractivity contribution is -0.123. The van der Waals surface area contributed by atoms with E-state index in [0.29, 0.717) is 21.8 Å². The van der Waals surface area contributed by atoms with E-state index in [1.807, 2.05) is 19.9 Å². The van der Waals surface area contributed by atoms with Crippen LogP contribution >= 0.6 is 11.8 Å². The molecule has 4 aliphatic carbocycles. The summed E-state index contributed by atoms with van der Waals surface area (Å²) in [7, 11) is 0. The Hall–Kier alpha value is -1.54. The van der Waals surface area contributed by atoms with Crippen molar-refractivity contribution in [1.29, 1.82) is 5.26 Å². The number of nitrogens with one attached hydrogen (secondary N) is 1. The van der Waals surface area contributed by atoms with Crippen LogP contribution in [0.25, 0.3) is 0 Å². The average molecular weight is 384 g/mol. The molecule has 4 fully saturated rings. The quantitative estimate of drug-likeness (QED) is 0.766. The van der Waals surface area contributed by atoms with Gasteiger partial charge in [0.05, 0.1) is 11.3 Å². The number of pyridine rings is 1. The van der Waals surface area contributed by atoms with E-state index in [9.17, 15) is 10.1 Å². The Balaban J connectivity index is 1.38. The van der Waals surface area contributed by atoms with Crippen molar-refractivity contribution in [2.24, 2.45) is 23.2 Å². The van der Waals surface area contributed by atoms with Crippen LogP contribution in [-0.4, -0.2) is 22.7 Å². The third kappa shape index (κ3) is 3.61. The molecule has 0 saturated heterocycles. The zero-order chi connectivity index (χ0) is 19.2. The standard InChI is InChI=1S/C22H29N3OS/c1-13-4-14(2)24-21(19(13)11-23)27-12-20(26)25-15(3)22-8-16-5-17(9-22)7-18(6-16)10-22/h4,15-18H,5-10,12H2,1-3H3,(H,25,26). The van der Waals surface area contributed by atoms with Gasteiger partial charge < -0.3 is 5.32 Å². The van der Waals surface area contributed by atoms with Gasteiger partial charge >= 0.3 is 0 Å². The molecule has 1 amide bonds. The SMILES string of the molecule is Cc1cc(C)c(C#N)c(SCC(=O)NC(C)C23CC4CC(CC(C4)C2)C3)n1. The number of amides is 1. The van der Waals surface area contributed by atoms with Crippen LogP contribution in [0.15, 0.2) is 11.1 Å². The van der Waals surface area contributed by atoms with Gasteiger partial charge in [-0.05, 0) is 94.1 Å². The Labute approximate surface area is 166 Å². The molecule has 4 aliphatic rings. The Bertz CT molecular complexity index is 762. The first-order chi connectivity index (χ1) is 12.9. The molecule has 27 heavy (non-hydrogen) atoms. The maximum atomic E-state index is 12.6. The van der Waals surface area contributed by atoms with Gasteiger partial charge in [-0.3, -0.25) is 4.79 Å². The average Bonchev–Trinajstić information content (AvgIpc) is 2.58. The normalized spacial score (nSPS) is 32.1. The summed E-state index contributed by atoms with van der Waals surface area (Å²) >= 11 is 1.38. The summed E-state index contributed by atoms with van der Waals surface area (Å²) in [6, 6.07) is 4.38. The molecule has 5 heteroatoms. The highest BCUT2D eigenvalue weighted by Crippen LogP contribution is 2.61. The summed E-state index contributed by atoms with van der Waals surface area (Å²) < 4.78 is 0. The highest BCUT2D eigenvalue weighted by molar-refractivity contribution is 8.00. The second kappa shape index (κ2) is 7.13. The molecule has 5 rings (SSSR count). The monoisotopic (exact) mass is 383 g/mol. The van der Waals surface area contributed by atoms with Gasteiger partial charge in [-0.1, -0.05) is 11.8 Å². The van der Waals surface area contributed by atoms with Crippen molar-refractivity contribution in [2.45, 2.75) is 70.4 Å². The van der Waals surface area contributed by atoms with E-state index in [1.54, 1.807) is 0 Å². The number of thioether (sulfide) groups is 1. The summed E-state index contributed by atoms with van der Waals surface area (Å²) in [6.45, 7) is 6.06. The molecule has 4 nitrogen and oxygen atoms in total. The second-order valence-electron chi connectivity index (χ2n) is 9.23. The first-order valence-electron chi connectivity index (χ1n) is 10.2. The molecule has 0 spiro atoms. The fourth-order valence-corrected chi connectivity index (χ4v) is 7.23. The molecule has 1 aromatic rings. The van der Waals surface area contributed by atoms with Crippen LogP contribution in [0.4, 0.5) is 0 Å². The number of hydrogen-bond acceptors (Lipinski definition) is 4. The largest absolute Gasteiger partial charge is 0.352 e. The van der Waals surface area contributed by atoms with Gasteiger partial charge in [0.15, 0.2) is 0 Å². The number of rotatable bonds is 5. The second-order valence-corrected chi connectivity index (χ2v) is 10.2. The maximum absolute atomic E-state index is 12.6. The summed E-state index contributed by atoms with van der Waals surface area (Å²) in [5, 5.41) is 13.4. The number of aromatic nitrogens is 1. The van der Waals surface area contributed by atoms with Gasteiger partial charge in [0.25, 0.3) is 0 Å². The van der Waals surface area contributed by atoms with Crippen LogP contribution < -0.4 is 5.32 Å². The van der Waals surface area contributed by atoms with Crippen LogP contribution in [0.1, 0.15) is 62.3 Å². The van der Waals surface area contributed by atoms with Gasteiger partial charge in [0.1, 0.15) is 11.1 Å². The number of nitrogens with zero attached hydrogens (tertiary/aromatic N) is 2. The van der Waals surface area contributed by atoms with E-state index < -0.39 is 0 Å². The zero-order valence-electron chi connectivity index (χ0n) is 16.5. The topological polar surface area (TPSA) is 65.8 Å². The van der Waals surface area contributed by atoms with Crippen molar-refractivity contribution >= 4 is 17.7 Å². The fourth-order valence-electron chi connectivity index (χ4n) is 6.32. The Morgan fingerprint density at radius 3 is 2.44 bits per heavy atom. The molecule has 1 atom stereocenters. The lowest BCUT2D eigenvalue weighted by Gasteiger charge is -2.59. The minimum absolute atomic E-state index is 0.0631. The lowest BCUT2D eigenvalue weighted by Crippen LogP contribution is -2.56. The number of carbonyl (C=O) groups is 1. The zero-order valence-corrected chi connectivity index (χ0v) is 17.4. The van der Waals surface area contributed by atoms with E-state index in [4.69, 9.17) is 0 Å². The van der Waals surface area contributed by atoms with Gasteiger partial charge in [-0.15, -0.1) is 0 Å². The smallest absolute Gasteiger partial charge is 0.230 e. The maximum Gasteiger partial charge on any atom is 0.230 e. The third-order valence-electron chi connectivity index (χ3n) is 7.14. The molecule has 1 N–H and O–H groups in total. The van der Waals surface area contributed by atoms with Gasteiger partial charge in [-0.25, -0.2) is 4.98 Å². The van der Waals surface area contributed by atoms with Crippen LogP contribution in [0.2, 0.25) is 0 Å². The summed E-state index contributed by atoms with van der Waals surface area (Å²) in [4.78, 5) is 17.1. The molecular weight excluding hydrogens is 354 g/mol. The van der Waals surface area contributed by atoms with E-state index in [1.165, 1.54) is 50.3 Å². The summed E-state index contributed by atoms with van der Waals surface area (Å²) in [5.41, 5.74) is 2.73. The molecule has 144 valence electrons. The van der Waals surface area contributed by atoms with Crippen molar-refractivity contribution in [2.75, 3.05) is 5.75 Å². The van der Waals surface area contributed by atoms with E-state index in [2.05, 4.69) is 23.3 Å². The van der Waals surface area contributed by atoms with Gasteiger partial charge in [0, 0.05) is 11.7 Å². The van der Waals surface area contributed by atoms with E-state index >= 15 is 0 Å². The third-order valence-corrected chi connectivity index (χ3v) is 8.12. The number of nitriles is 1. The van der Waals surface area contributed by atoms with E-state index in [-0.39, 0.29) is 11.9 Å². The summed E-state index contributed by atoms with van der Waals surface area (Å²) in [6.07, 6.45) is 8.15. The first kappa shape index (κ1) is 18.8. The Morgan fingerprint density at radius 2 is 1.89 bits per heavy atom. The Morgan fingerprint density at radius 1 is 1.30 bits per heavy atom. The molecule has 4 bridgehead atoms. The lowest BCUT2D eigenvalue weighted by atomic mass is 9.48. The fraction of sp³-hybridized carbons (Fsp3) is 0.682. The predicted octanol–water partition coefficient (Wildman–Crippen LogP) is 4.38. The van der Waals surface area contributed by atoms with E-state index in [0.717, 1.165) is 29.0 Å². The van der Waals surface area contributed by atoms with Crippen LogP contribution in [0.5, 0.6) is 0 Å². The van der Waals surface area contributed by atoms with Gasteiger partial charge in [0.2, 0.25) is 5.91 Å². The summed E-state index contributed by atoms with van der Waals surface area (Å²) in [5.74, 6) is 3.06. The number of aryl methyl sites for hydroxylation is 2. The van der Waals surface area contributed by atoms with Crippen LogP contribution in [-0.2, 0) is 4.79 Å². The van der Waals surface area contributed by atoms with Crippen molar-refractivity contribution < 1.29 is 4.79 Å². The highest BCUT2D eigenvalue weighted by atomic mass is 32.2. The molecule has 4 saturated carbocycles. The first-order valence-corrected chi connectivity index (χ1v) is 11.2. The predicted molar refractivity (Wildman–Crippen MR) is 107 cm³/mol. The minimum Gasteiger partial charge on any atom is -0.352 e. The molecule has 1 heterocycles. The molecular formula is C22H29N3OS. The molecule has 0 aliphatic heterocycles. The van der Waals surface area contributed by atoms with Crippen molar-refractivity contribution in [1.82, 2.24) is 10.3 Å². The molecule has 1 aromatic heterocycles. The molecule has 0 aromatic carbocycles. The Kier molecular flexibility index (Phi) is 4.96. The van der Waals surface area contributed by atoms with Crippen molar-refractivity contribution in [3.8, 4) is 6.07 Å². The molecule has 0 radical (unpaired) electrons. The van der Waals surface area contributed by atoms with Crippen LogP contribution in [0, 0.1) is 48.3 Å². The minimum atomic E-state index is 0.0631. The van der Waals surface area contributed by atoms with Crippen LogP contribution in [0.3, 0.4) is 0 Å². The number of hydrogen-bond donors (Lipinski definition) is 1. The highest BCUT2D eigenvalue weighted by Gasteiger charge is 2.53. The van der Waals surface area contributed by atoms with Crippen molar-refractivity contribution in [3.63, 3.8) is 0 Å². The molecule has 1 unspecified atom stereocenters.